The van der Waals surface area contributed by atoms with Crippen LogP contribution in [0.25, 0.3) is 0 Å². The fraction of sp³-hybridized carbons (Fsp3) is 0.300. The number of anilines is 1. The predicted octanol–water partition coefficient (Wildman–Crippen LogP) is 2.29. The zero-order chi connectivity index (χ0) is 19.8. The van der Waals surface area contributed by atoms with Crippen LogP contribution >= 0.6 is 12.2 Å². The first kappa shape index (κ1) is 17.1. The zero-order valence-corrected chi connectivity index (χ0v) is 16.1. The maximum absolute atomic E-state index is 13.6. The number of rotatable bonds is 1. The lowest BCUT2D eigenvalue weighted by Gasteiger charge is -2.37. The number of hydrogen-bond donors (Lipinski definition) is 1. The monoisotopic (exact) mass is 395 g/mol. The maximum atomic E-state index is 13.6. The Bertz CT molecular complexity index is 1090. The van der Waals surface area contributed by atoms with Gasteiger partial charge in [0.25, 0.3) is 5.91 Å². The molecule has 1 amide bonds. The van der Waals surface area contributed by atoms with E-state index in [4.69, 9.17) is 17.0 Å². The van der Waals surface area contributed by atoms with Crippen LogP contribution in [-0.4, -0.2) is 35.0 Å². The molecule has 142 valence electrons. The number of carbonyl (C=O) groups excluding carboxylic acids is 1. The van der Waals surface area contributed by atoms with Gasteiger partial charge in [-0.15, -0.1) is 0 Å². The van der Waals surface area contributed by atoms with Gasteiger partial charge < -0.3 is 15.0 Å². The van der Waals surface area contributed by atoms with Gasteiger partial charge in [0, 0.05) is 28.8 Å². The summed E-state index contributed by atoms with van der Waals surface area (Å²) in [7, 11) is 1.68. The fourth-order valence-corrected chi connectivity index (χ4v) is 5.34. The van der Waals surface area contributed by atoms with Crippen molar-refractivity contribution in [2.45, 2.75) is 23.9 Å². The molecule has 1 fully saturated rings. The van der Waals surface area contributed by atoms with E-state index in [9.17, 15) is 14.9 Å². The van der Waals surface area contributed by atoms with E-state index in [0.717, 1.165) is 11.3 Å². The van der Waals surface area contributed by atoms with E-state index in [1.165, 1.54) is 0 Å². The van der Waals surface area contributed by atoms with Gasteiger partial charge in [-0.05, 0) is 19.1 Å². The highest BCUT2D eigenvalue weighted by Gasteiger charge is 2.76. The largest absolute Gasteiger partial charge is 0.485 e. The molecule has 3 aliphatic rings. The Hall–Kier alpha value is -3.00. The minimum Gasteiger partial charge on any atom is -0.485 e. The number of ether oxygens (including phenoxy) is 1. The van der Waals surface area contributed by atoms with Crippen LogP contribution in [0.5, 0.6) is 5.75 Å². The summed E-state index contributed by atoms with van der Waals surface area (Å²) < 4.78 is 5.79. The summed E-state index contributed by atoms with van der Waals surface area (Å²) in [5, 5.41) is 15.5. The quantitative estimate of drug-likeness (QED) is 0.453. The lowest BCUT2D eigenvalue weighted by atomic mass is 9.68. The van der Waals surface area contributed by atoms with E-state index in [0.29, 0.717) is 16.9 Å². The number of fused-ring (bicyclic) bond motifs is 6. The molecule has 28 heavy (non-hydrogen) atoms. The van der Waals surface area contributed by atoms with E-state index in [-0.39, 0.29) is 22.4 Å². The summed E-state index contributed by atoms with van der Waals surface area (Å²) in [4.78, 5) is 27.2. The average molecular weight is 395 g/mol. The van der Waals surface area contributed by atoms with E-state index in [1.807, 2.05) is 43.3 Å². The second-order valence-corrected chi connectivity index (χ2v) is 8.00. The van der Waals surface area contributed by atoms with Crippen molar-refractivity contribution in [2.75, 3.05) is 18.6 Å². The molecule has 0 bridgehead atoms. The smallest absolute Gasteiger partial charge is 0.314 e. The number of nitrogens with zero attached hydrogens (tertiary/aromatic N) is 2. The third-order valence-corrected chi connectivity index (χ3v) is 6.65. The molecule has 0 unspecified atom stereocenters. The average Bonchev–Trinajstić information content (AvgIpc) is 3.08. The molecule has 1 spiro atoms. The summed E-state index contributed by atoms with van der Waals surface area (Å²) in [5.41, 5.74) is -0.0443. The SMILES string of the molecule is Cc1ccc2c(c1)[C@@H]1[C@]([N+](=O)[O-])(CO2)C(=S)N[C@]12C(=O)N(C)c1ccccc12. The predicted molar refractivity (Wildman–Crippen MR) is 106 cm³/mol. The van der Waals surface area contributed by atoms with Crippen molar-refractivity contribution in [1.29, 1.82) is 0 Å². The van der Waals surface area contributed by atoms with Gasteiger partial charge >= 0.3 is 5.54 Å². The molecule has 1 saturated heterocycles. The Morgan fingerprint density at radius 1 is 1.32 bits per heavy atom. The van der Waals surface area contributed by atoms with Gasteiger partial charge in [-0.3, -0.25) is 14.9 Å². The molecular formula is C20H17N3O4S. The maximum Gasteiger partial charge on any atom is 0.314 e. The Morgan fingerprint density at radius 2 is 2.07 bits per heavy atom. The number of hydrogen-bond acceptors (Lipinski definition) is 5. The van der Waals surface area contributed by atoms with Gasteiger partial charge in [-0.2, -0.15) is 0 Å². The van der Waals surface area contributed by atoms with Crippen molar-refractivity contribution < 1.29 is 14.5 Å². The molecule has 0 radical (unpaired) electrons. The number of amides is 1. The lowest BCUT2D eigenvalue weighted by Crippen LogP contribution is -2.57. The van der Waals surface area contributed by atoms with Gasteiger partial charge in [-0.1, -0.05) is 48.1 Å². The molecule has 2 aromatic carbocycles. The molecule has 1 N–H and O–H groups in total. The number of thiocarbonyl (C=S) groups is 1. The molecule has 0 saturated carbocycles. The molecule has 2 aromatic rings. The number of benzene rings is 2. The standard InChI is InChI=1S/C20H17N3O4S/c1-11-7-8-15-12(9-11)16-19(10-27-15,23(25)26)17(28)21-20(16)13-5-3-4-6-14(13)22(2)18(20)24/h3-9,16H,10H2,1-2H3,(H,21,28)/t16-,19-,20+/m1/s1. The van der Waals surface area contributed by atoms with Crippen LogP contribution in [0.3, 0.4) is 0 Å². The van der Waals surface area contributed by atoms with Crippen molar-refractivity contribution in [3.63, 3.8) is 0 Å². The number of para-hydroxylation sites is 1. The highest BCUT2D eigenvalue weighted by Crippen LogP contribution is 2.59. The molecule has 8 heteroatoms. The fourth-order valence-electron chi connectivity index (χ4n) is 4.93. The summed E-state index contributed by atoms with van der Waals surface area (Å²) in [6.45, 7) is 1.69. The number of likely N-dealkylation sites (N-methyl/N-ethyl adjacent to an activating group) is 1. The normalized spacial score (nSPS) is 29.8. The van der Waals surface area contributed by atoms with E-state index >= 15 is 0 Å². The summed E-state index contributed by atoms with van der Waals surface area (Å²) >= 11 is 5.49. The zero-order valence-electron chi connectivity index (χ0n) is 15.3. The van der Waals surface area contributed by atoms with Gasteiger partial charge in [-0.25, -0.2) is 0 Å². The molecular weight excluding hydrogens is 378 g/mol. The van der Waals surface area contributed by atoms with Crippen molar-refractivity contribution >= 4 is 28.8 Å². The van der Waals surface area contributed by atoms with Crippen molar-refractivity contribution in [3.05, 3.63) is 69.3 Å². The molecule has 0 aliphatic carbocycles. The topological polar surface area (TPSA) is 84.7 Å². The second kappa shape index (κ2) is 5.29. The van der Waals surface area contributed by atoms with Crippen LogP contribution in [-0.2, 0) is 10.3 Å². The molecule has 3 heterocycles. The molecule has 3 atom stereocenters. The molecule has 3 aliphatic heterocycles. The summed E-state index contributed by atoms with van der Waals surface area (Å²) in [6.07, 6.45) is 0. The molecule has 5 rings (SSSR count). The van der Waals surface area contributed by atoms with Crippen LogP contribution in [0.15, 0.2) is 42.5 Å². The van der Waals surface area contributed by atoms with Gasteiger partial charge in [0.1, 0.15) is 11.7 Å². The van der Waals surface area contributed by atoms with Crippen LogP contribution in [0.4, 0.5) is 5.69 Å². The van der Waals surface area contributed by atoms with Crippen molar-refractivity contribution in [1.82, 2.24) is 5.32 Å². The second-order valence-electron chi connectivity index (χ2n) is 7.59. The van der Waals surface area contributed by atoms with Gasteiger partial charge in [0.15, 0.2) is 17.1 Å². The van der Waals surface area contributed by atoms with Crippen LogP contribution in [0.2, 0.25) is 0 Å². The number of aryl methyl sites for hydroxylation is 1. The number of nitro groups is 1. The van der Waals surface area contributed by atoms with Crippen molar-refractivity contribution in [3.8, 4) is 5.75 Å². The summed E-state index contributed by atoms with van der Waals surface area (Å²) in [5.74, 6) is -0.511. The van der Waals surface area contributed by atoms with Gasteiger partial charge in [0.2, 0.25) is 0 Å². The van der Waals surface area contributed by atoms with Crippen molar-refractivity contribution in [2.24, 2.45) is 0 Å². The van der Waals surface area contributed by atoms with Gasteiger partial charge in [0.05, 0.1) is 0 Å². The number of nitrogens with one attached hydrogen (secondary N) is 1. The van der Waals surface area contributed by atoms with Crippen LogP contribution in [0.1, 0.15) is 22.6 Å². The third-order valence-electron chi connectivity index (χ3n) is 6.20. The van der Waals surface area contributed by atoms with Crippen LogP contribution < -0.4 is 15.0 Å². The summed E-state index contributed by atoms with van der Waals surface area (Å²) in [6, 6.07) is 12.9. The minimum absolute atomic E-state index is 0.0353. The highest BCUT2D eigenvalue weighted by atomic mass is 32.1. The highest BCUT2D eigenvalue weighted by molar-refractivity contribution is 7.80. The Kier molecular flexibility index (Phi) is 3.23. The Labute approximate surface area is 166 Å². The Morgan fingerprint density at radius 3 is 2.82 bits per heavy atom. The molecule has 7 nitrogen and oxygen atoms in total. The number of carbonyl (C=O) groups is 1. The third kappa shape index (κ3) is 1.74. The van der Waals surface area contributed by atoms with E-state index in [2.05, 4.69) is 5.32 Å². The van der Waals surface area contributed by atoms with Crippen LogP contribution in [0, 0.1) is 17.0 Å². The first-order valence-electron chi connectivity index (χ1n) is 8.92. The lowest BCUT2D eigenvalue weighted by molar-refractivity contribution is -0.554. The van der Waals surface area contributed by atoms with E-state index in [1.54, 1.807) is 18.0 Å². The first-order chi connectivity index (χ1) is 13.3. The minimum atomic E-state index is -1.70. The first-order valence-corrected chi connectivity index (χ1v) is 9.33. The van der Waals surface area contributed by atoms with E-state index < -0.39 is 17.0 Å². The molecule has 0 aromatic heterocycles. The Balaban J connectivity index is 1.88.